The minimum Gasteiger partial charge on any atom is -0.324 e. The smallest absolute Gasteiger partial charge is 0.224 e. The fourth-order valence-corrected chi connectivity index (χ4v) is 4.08. The maximum absolute atomic E-state index is 13.3. The number of anilines is 1. The predicted molar refractivity (Wildman–Crippen MR) is 71.0 cm³/mol. The quantitative estimate of drug-likeness (QED) is 0.923. The van der Waals surface area contributed by atoms with Crippen molar-refractivity contribution in [2.24, 2.45) is 5.92 Å². The number of benzene rings is 1. The fraction of sp³-hybridized carbons (Fsp3) is 0.462. The van der Waals surface area contributed by atoms with E-state index in [9.17, 15) is 17.6 Å². The number of hydrogen-bond donors (Lipinski definition) is 1. The van der Waals surface area contributed by atoms with E-state index in [1.165, 1.54) is 12.1 Å². The van der Waals surface area contributed by atoms with E-state index in [0.717, 1.165) is 6.42 Å². The van der Waals surface area contributed by atoms with Crippen LogP contribution < -0.4 is 5.32 Å². The lowest BCUT2D eigenvalue weighted by atomic mass is 10.0. The molecule has 6 heteroatoms. The molecule has 2 rings (SSSR count). The summed E-state index contributed by atoms with van der Waals surface area (Å²) in [6.07, 6.45) is 1.44. The molecule has 1 aliphatic heterocycles. The Morgan fingerprint density at radius 1 is 1.37 bits per heavy atom. The summed E-state index contributed by atoms with van der Waals surface area (Å²) in [4.78, 5) is 11.8. The first-order chi connectivity index (χ1) is 8.96. The van der Waals surface area contributed by atoms with Crippen molar-refractivity contribution in [1.29, 1.82) is 0 Å². The van der Waals surface area contributed by atoms with Gasteiger partial charge in [0.25, 0.3) is 0 Å². The minimum absolute atomic E-state index is 0.0533. The van der Waals surface area contributed by atoms with Gasteiger partial charge in [0, 0.05) is 6.42 Å². The monoisotopic (exact) mass is 285 g/mol. The summed E-state index contributed by atoms with van der Waals surface area (Å²) in [5.74, 6) is -0.735. The van der Waals surface area contributed by atoms with Gasteiger partial charge in [-0.1, -0.05) is 12.1 Å². The first-order valence-corrected chi connectivity index (χ1v) is 8.03. The van der Waals surface area contributed by atoms with Crippen LogP contribution in [0.5, 0.6) is 0 Å². The number of hydrogen-bond acceptors (Lipinski definition) is 3. The molecule has 1 saturated heterocycles. The average Bonchev–Trinajstić information content (AvgIpc) is 2.30. The zero-order valence-electron chi connectivity index (χ0n) is 10.4. The largest absolute Gasteiger partial charge is 0.324 e. The van der Waals surface area contributed by atoms with E-state index >= 15 is 0 Å². The average molecular weight is 285 g/mol. The fourth-order valence-electron chi connectivity index (χ4n) is 2.30. The van der Waals surface area contributed by atoms with Crippen molar-refractivity contribution in [2.75, 3.05) is 16.8 Å². The molecule has 0 spiro atoms. The van der Waals surface area contributed by atoms with Crippen LogP contribution in [0.2, 0.25) is 0 Å². The molecule has 1 aromatic carbocycles. The maximum atomic E-state index is 13.3. The van der Waals surface area contributed by atoms with Crippen molar-refractivity contribution in [3.63, 3.8) is 0 Å². The van der Waals surface area contributed by atoms with Crippen molar-refractivity contribution in [1.82, 2.24) is 0 Å². The third-order valence-corrected chi connectivity index (χ3v) is 5.07. The van der Waals surface area contributed by atoms with Gasteiger partial charge in [-0.05, 0) is 30.9 Å². The Morgan fingerprint density at radius 3 is 2.79 bits per heavy atom. The third kappa shape index (κ3) is 4.02. The van der Waals surface area contributed by atoms with Gasteiger partial charge in [0.05, 0.1) is 17.2 Å². The van der Waals surface area contributed by atoms with Crippen molar-refractivity contribution >= 4 is 21.4 Å². The molecular formula is C13H16FNO3S. The highest BCUT2D eigenvalue weighted by molar-refractivity contribution is 7.91. The van der Waals surface area contributed by atoms with E-state index in [1.807, 2.05) is 0 Å². The van der Waals surface area contributed by atoms with Crippen molar-refractivity contribution in [3.8, 4) is 0 Å². The number of amides is 1. The highest BCUT2D eigenvalue weighted by atomic mass is 32.2. The molecule has 1 fully saturated rings. The van der Waals surface area contributed by atoms with Crippen LogP contribution in [0.4, 0.5) is 10.1 Å². The van der Waals surface area contributed by atoms with Crippen LogP contribution in [0.3, 0.4) is 0 Å². The molecule has 19 heavy (non-hydrogen) atoms. The van der Waals surface area contributed by atoms with Gasteiger partial charge in [-0.3, -0.25) is 4.79 Å². The number of para-hydroxylation sites is 1. The summed E-state index contributed by atoms with van der Waals surface area (Å²) in [6.45, 7) is 0. The SMILES string of the molecule is O=C(CC1CCCS(=O)(=O)C1)Nc1ccccc1F. The molecule has 1 aliphatic rings. The van der Waals surface area contributed by atoms with Crippen LogP contribution >= 0.6 is 0 Å². The Bertz CT molecular complexity index is 571. The molecule has 0 aromatic heterocycles. The molecule has 1 atom stereocenters. The van der Waals surface area contributed by atoms with Crippen molar-refractivity contribution in [3.05, 3.63) is 30.1 Å². The maximum Gasteiger partial charge on any atom is 0.224 e. The lowest BCUT2D eigenvalue weighted by molar-refractivity contribution is -0.117. The van der Waals surface area contributed by atoms with Crippen LogP contribution in [0.15, 0.2) is 24.3 Å². The number of rotatable bonds is 3. The van der Waals surface area contributed by atoms with Gasteiger partial charge in [0.1, 0.15) is 5.82 Å². The molecule has 4 nitrogen and oxygen atoms in total. The van der Waals surface area contributed by atoms with Crippen LogP contribution in [-0.4, -0.2) is 25.8 Å². The van der Waals surface area contributed by atoms with Gasteiger partial charge < -0.3 is 5.32 Å². The predicted octanol–water partition coefficient (Wildman–Crippen LogP) is 1.98. The number of sulfone groups is 1. The van der Waals surface area contributed by atoms with E-state index < -0.39 is 15.7 Å². The van der Waals surface area contributed by atoms with Gasteiger partial charge in [0.15, 0.2) is 9.84 Å². The molecule has 0 radical (unpaired) electrons. The second-order valence-electron chi connectivity index (χ2n) is 4.85. The van der Waals surface area contributed by atoms with E-state index in [-0.39, 0.29) is 35.4 Å². The Labute approximate surface area is 111 Å². The minimum atomic E-state index is -3.01. The standard InChI is InChI=1S/C13H16FNO3S/c14-11-5-1-2-6-12(11)15-13(16)8-10-4-3-7-19(17,18)9-10/h1-2,5-6,10H,3-4,7-9H2,(H,15,16). The highest BCUT2D eigenvalue weighted by Gasteiger charge is 2.26. The van der Waals surface area contributed by atoms with Gasteiger partial charge in [-0.15, -0.1) is 0 Å². The molecule has 104 valence electrons. The molecule has 1 N–H and O–H groups in total. The van der Waals surface area contributed by atoms with Crippen molar-refractivity contribution < 1.29 is 17.6 Å². The molecule has 0 aliphatic carbocycles. The molecular weight excluding hydrogens is 269 g/mol. The first kappa shape index (κ1) is 14.0. The lowest BCUT2D eigenvalue weighted by Crippen LogP contribution is -2.28. The summed E-state index contributed by atoms with van der Waals surface area (Å²) in [7, 11) is -3.01. The van der Waals surface area contributed by atoms with Crippen LogP contribution in [-0.2, 0) is 14.6 Å². The summed E-state index contributed by atoms with van der Waals surface area (Å²) < 4.78 is 36.3. The lowest BCUT2D eigenvalue weighted by Gasteiger charge is -2.21. The summed E-state index contributed by atoms with van der Waals surface area (Å²) in [6, 6.07) is 5.91. The van der Waals surface area contributed by atoms with E-state index in [0.29, 0.717) is 6.42 Å². The van der Waals surface area contributed by atoms with Gasteiger partial charge in [0.2, 0.25) is 5.91 Å². The topological polar surface area (TPSA) is 63.2 Å². The van der Waals surface area contributed by atoms with E-state index in [1.54, 1.807) is 12.1 Å². The number of carbonyl (C=O) groups excluding carboxylic acids is 1. The number of halogens is 1. The zero-order chi connectivity index (χ0) is 13.9. The Morgan fingerprint density at radius 2 is 2.11 bits per heavy atom. The second kappa shape index (κ2) is 5.69. The molecule has 0 saturated carbocycles. The number of nitrogens with one attached hydrogen (secondary N) is 1. The molecule has 1 heterocycles. The van der Waals surface area contributed by atoms with Gasteiger partial charge >= 0.3 is 0 Å². The van der Waals surface area contributed by atoms with Crippen LogP contribution in [0.25, 0.3) is 0 Å². The number of carbonyl (C=O) groups is 1. The normalized spacial score (nSPS) is 21.8. The van der Waals surface area contributed by atoms with Gasteiger partial charge in [-0.2, -0.15) is 0 Å². The van der Waals surface area contributed by atoms with Crippen molar-refractivity contribution in [2.45, 2.75) is 19.3 Å². The molecule has 0 bridgehead atoms. The Balaban J connectivity index is 1.93. The van der Waals surface area contributed by atoms with Gasteiger partial charge in [-0.25, -0.2) is 12.8 Å². The van der Waals surface area contributed by atoms with Crippen LogP contribution in [0.1, 0.15) is 19.3 Å². The van der Waals surface area contributed by atoms with E-state index in [4.69, 9.17) is 0 Å². The first-order valence-electron chi connectivity index (χ1n) is 6.21. The summed E-state index contributed by atoms with van der Waals surface area (Å²) >= 11 is 0. The Kier molecular flexibility index (Phi) is 4.19. The zero-order valence-corrected chi connectivity index (χ0v) is 11.2. The third-order valence-electron chi connectivity index (χ3n) is 3.18. The summed E-state index contributed by atoms with van der Waals surface area (Å²) in [5.41, 5.74) is 0.131. The molecule has 1 amide bonds. The molecule has 1 aromatic rings. The Hall–Kier alpha value is -1.43. The van der Waals surface area contributed by atoms with E-state index in [2.05, 4.69) is 5.32 Å². The molecule has 1 unspecified atom stereocenters. The summed E-state index contributed by atoms with van der Waals surface area (Å²) in [5, 5.41) is 2.48. The van der Waals surface area contributed by atoms with Crippen LogP contribution in [0, 0.1) is 11.7 Å². The highest BCUT2D eigenvalue weighted by Crippen LogP contribution is 2.22. The second-order valence-corrected chi connectivity index (χ2v) is 7.08.